The number of allylic oxidation sites excluding steroid dienone is 4. The van der Waals surface area contributed by atoms with Gasteiger partial charge in [0.25, 0.3) is 0 Å². The smallest absolute Gasteiger partial charge is 0.124 e. The van der Waals surface area contributed by atoms with Crippen LogP contribution in [-0.2, 0) is 5.41 Å². The molecule has 0 atom stereocenters. The van der Waals surface area contributed by atoms with Gasteiger partial charge in [0, 0.05) is 54.9 Å². The summed E-state index contributed by atoms with van der Waals surface area (Å²) in [5.74, 6) is 0. The Labute approximate surface area is 403 Å². The molecule has 0 amide bonds. The highest BCUT2D eigenvalue weighted by atomic mass is 32.2. The van der Waals surface area contributed by atoms with Crippen LogP contribution in [0.2, 0.25) is 0 Å². The Morgan fingerprint density at radius 3 is 1.91 bits per heavy atom. The molecule has 67 heavy (non-hydrogen) atoms. The van der Waals surface area contributed by atoms with E-state index in [1.165, 1.54) is 38.1 Å². The molecule has 326 valence electrons. The van der Waals surface area contributed by atoms with Crippen LogP contribution in [0.4, 0.5) is 28.4 Å². The summed E-state index contributed by atoms with van der Waals surface area (Å²) >= 11 is 3.41. The zero-order valence-electron chi connectivity index (χ0n) is 38.3. The second-order valence-electron chi connectivity index (χ2n) is 17.4. The third kappa shape index (κ3) is 8.49. The molecule has 0 N–H and O–H groups in total. The van der Waals surface area contributed by atoms with Crippen molar-refractivity contribution in [3.8, 4) is 32.8 Å². The molecular weight excluding hydrogens is 851 g/mol. The molecule has 9 aromatic rings. The van der Waals surface area contributed by atoms with Crippen molar-refractivity contribution in [3.05, 3.63) is 247 Å². The lowest BCUT2D eigenvalue weighted by Crippen LogP contribution is -2.16. The minimum absolute atomic E-state index is 0.216. The molecule has 0 spiro atoms. The van der Waals surface area contributed by atoms with Crippen molar-refractivity contribution < 1.29 is 0 Å². The fourth-order valence-corrected chi connectivity index (χ4v) is 11.1. The van der Waals surface area contributed by atoms with Crippen molar-refractivity contribution in [2.75, 3.05) is 9.80 Å². The van der Waals surface area contributed by atoms with Crippen LogP contribution < -0.4 is 9.80 Å². The maximum absolute atomic E-state index is 4.93. The predicted octanol–water partition coefficient (Wildman–Crippen LogP) is 18.4. The molecule has 0 unspecified atom stereocenters. The molecule has 10 rings (SSSR count). The standard InChI is InChI=1S/C62H51N3S2/c1-7-9-17-42(3)64(50-31-24-45(25-32-50)43(4)66-59-22-15-13-18-44(59)8-2)51-33-26-46(27-34-51)48-30-38-54-55-39-37-53(41-57(55)62(5,6)56(54)40-48)65(49-19-11-10-12-20-49)52-35-28-47(29-36-52)61-63-58-21-14-16-23-60(58)67-61/h7-41H,2,4H2,1,3,5-6H3/b9-7-,42-17+. The van der Waals surface area contributed by atoms with E-state index >= 15 is 0 Å². The molecule has 1 aliphatic carbocycles. The Kier molecular flexibility index (Phi) is 12.0. The number of fused-ring (bicyclic) bond motifs is 4. The molecule has 3 nitrogen and oxygen atoms in total. The van der Waals surface area contributed by atoms with E-state index in [2.05, 4.69) is 238 Å². The maximum Gasteiger partial charge on any atom is 0.124 e. The van der Waals surface area contributed by atoms with E-state index in [1.807, 2.05) is 25.1 Å². The van der Waals surface area contributed by atoms with Crippen LogP contribution in [0.5, 0.6) is 0 Å². The van der Waals surface area contributed by atoms with Crippen LogP contribution in [0.3, 0.4) is 0 Å². The van der Waals surface area contributed by atoms with Gasteiger partial charge >= 0.3 is 0 Å². The molecule has 0 saturated carbocycles. The zero-order valence-corrected chi connectivity index (χ0v) is 39.9. The van der Waals surface area contributed by atoms with Gasteiger partial charge < -0.3 is 9.80 Å². The van der Waals surface area contributed by atoms with E-state index in [-0.39, 0.29) is 5.41 Å². The molecule has 0 radical (unpaired) electrons. The quantitative estimate of drug-likeness (QED) is 0.0848. The van der Waals surface area contributed by atoms with Crippen molar-refractivity contribution in [1.82, 2.24) is 4.98 Å². The van der Waals surface area contributed by atoms with Crippen molar-refractivity contribution in [2.24, 2.45) is 0 Å². The number of aromatic nitrogens is 1. The van der Waals surface area contributed by atoms with E-state index < -0.39 is 0 Å². The average molecular weight is 902 g/mol. The lowest BCUT2D eigenvalue weighted by Gasteiger charge is -2.28. The van der Waals surface area contributed by atoms with Gasteiger partial charge in [-0.2, -0.15) is 0 Å². The Bertz CT molecular complexity index is 3310. The fourth-order valence-electron chi connectivity index (χ4n) is 9.22. The number of nitrogens with zero attached hydrogens (tertiary/aromatic N) is 3. The van der Waals surface area contributed by atoms with Gasteiger partial charge in [0.15, 0.2) is 0 Å². The molecule has 0 aliphatic heterocycles. The lowest BCUT2D eigenvalue weighted by atomic mass is 9.81. The first kappa shape index (κ1) is 43.5. The third-order valence-electron chi connectivity index (χ3n) is 12.8. The van der Waals surface area contributed by atoms with E-state index in [1.54, 1.807) is 23.1 Å². The lowest BCUT2D eigenvalue weighted by molar-refractivity contribution is 0.660. The van der Waals surface area contributed by atoms with Gasteiger partial charge in [-0.1, -0.05) is 148 Å². The van der Waals surface area contributed by atoms with Crippen LogP contribution in [0, 0.1) is 0 Å². The number of hydrogen-bond donors (Lipinski definition) is 0. The second kappa shape index (κ2) is 18.4. The third-order valence-corrected chi connectivity index (χ3v) is 14.9. The van der Waals surface area contributed by atoms with Crippen LogP contribution in [0.1, 0.15) is 49.9 Å². The number of rotatable bonds is 13. The summed E-state index contributed by atoms with van der Waals surface area (Å²) in [6.07, 6.45) is 8.22. The average Bonchev–Trinajstić information content (AvgIpc) is 3.90. The SMILES string of the molecule is C=Cc1ccccc1SC(=C)c1ccc(N(/C(C)=C/C=C\C)c2ccc(-c3ccc4c(c3)C(C)(C)c3cc(N(c5ccccc5)c5ccc(-c6nc7ccccc7s6)cc5)ccc3-4)cc2)cc1. The summed E-state index contributed by atoms with van der Waals surface area (Å²) in [7, 11) is 0. The first-order valence-electron chi connectivity index (χ1n) is 22.7. The maximum atomic E-state index is 4.93. The van der Waals surface area contributed by atoms with Gasteiger partial charge in [0.05, 0.1) is 10.2 Å². The first-order chi connectivity index (χ1) is 32.7. The molecular formula is C62H51N3S2. The second-order valence-corrected chi connectivity index (χ2v) is 19.5. The molecule has 0 saturated heterocycles. The van der Waals surface area contributed by atoms with Crippen LogP contribution in [0.25, 0.3) is 54.0 Å². The first-order valence-corrected chi connectivity index (χ1v) is 24.3. The molecule has 1 aromatic heterocycles. The monoisotopic (exact) mass is 901 g/mol. The number of anilines is 5. The minimum atomic E-state index is -0.216. The molecule has 0 bridgehead atoms. The summed E-state index contributed by atoms with van der Waals surface area (Å²) < 4.78 is 1.20. The highest BCUT2D eigenvalue weighted by molar-refractivity contribution is 8.08. The molecule has 1 heterocycles. The van der Waals surface area contributed by atoms with E-state index in [0.717, 1.165) is 71.1 Å². The largest absolute Gasteiger partial charge is 0.315 e. The number of thioether (sulfide) groups is 1. The minimum Gasteiger partial charge on any atom is -0.315 e. The van der Waals surface area contributed by atoms with E-state index in [4.69, 9.17) is 4.98 Å². The summed E-state index contributed by atoms with van der Waals surface area (Å²) in [6.45, 7) is 17.4. The number of benzene rings is 8. The Morgan fingerprint density at radius 1 is 0.612 bits per heavy atom. The molecule has 0 fully saturated rings. The highest BCUT2D eigenvalue weighted by Gasteiger charge is 2.36. The normalized spacial score (nSPS) is 12.8. The summed E-state index contributed by atoms with van der Waals surface area (Å²) in [5, 5.41) is 1.03. The van der Waals surface area contributed by atoms with Crippen LogP contribution in [0.15, 0.2) is 230 Å². The van der Waals surface area contributed by atoms with Crippen LogP contribution in [-0.4, -0.2) is 4.98 Å². The van der Waals surface area contributed by atoms with Gasteiger partial charge in [-0.3, -0.25) is 0 Å². The Morgan fingerprint density at radius 2 is 1.19 bits per heavy atom. The topological polar surface area (TPSA) is 19.4 Å². The molecule has 1 aliphatic rings. The van der Waals surface area contributed by atoms with Gasteiger partial charge in [-0.05, 0) is 161 Å². The van der Waals surface area contributed by atoms with Crippen molar-refractivity contribution >= 4 is 72.7 Å². The van der Waals surface area contributed by atoms with Crippen molar-refractivity contribution in [2.45, 2.75) is 38.0 Å². The van der Waals surface area contributed by atoms with Gasteiger partial charge in [0.1, 0.15) is 5.01 Å². The molecule has 8 aromatic carbocycles. The predicted molar refractivity (Wildman–Crippen MR) is 291 cm³/mol. The van der Waals surface area contributed by atoms with E-state index in [0.29, 0.717) is 0 Å². The number of thiazole rings is 1. The molecule has 5 heteroatoms. The van der Waals surface area contributed by atoms with Crippen molar-refractivity contribution in [3.63, 3.8) is 0 Å². The summed E-state index contributed by atoms with van der Waals surface area (Å²) in [6, 6.07) is 67.8. The van der Waals surface area contributed by atoms with Crippen molar-refractivity contribution in [1.29, 1.82) is 0 Å². The highest BCUT2D eigenvalue weighted by Crippen LogP contribution is 2.52. The summed E-state index contributed by atoms with van der Waals surface area (Å²) in [5.41, 5.74) is 18.4. The summed E-state index contributed by atoms with van der Waals surface area (Å²) in [4.78, 5) is 11.7. The van der Waals surface area contributed by atoms with E-state index in [9.17, 15) is 0 Å². The Hall–Kier alpha value is -7.44. The van der Waals surface area contributed by atoms with Gasteiger partial charge in [-0.15, -0.1) is 11.3 Å². The number of hydrogen-bond acceptors (Lipinski definition) is 5. The van der Waals surface area contributed by atoms with Crippen LogP contribution >= 0.6 is 23.1 Å². The van der Waals surface area contributed by atoms with Gasteiger partial charge in [-0.25, -0.2) is 4.98 Å². The zero-order chi connectivity index (χ0) is 46.1. The number of para-hydroxylation sites is 2. The Balaban J connectivity index is 0.923. The van der Waals surface area contributed by atoms with Gasteiger partial charge in [0.2, 0.25) is 0 Å². The fraction of sp³-hybridized carbons (Fsp3) is 0.0806.